The van der Waals surface area contributed by atoms with Crippen molar-refractivity contribution in [1.29, 1.82) is 0 Å². The van der Waals surface area contributed by atoms with E-state index in [1.807, 2.05) is 24.3 Å². The SMILES string of the molecule is CCC/C(=C(/C)c1ccc(O)cc1)c1ccc(O)cc1. The smallest absolute Gasteiger partial charge is 0.115 e. The van der Waals surface area contributed by atoms with Gasteiger partial charge in [-0.15, -0.1) is 0 Å². The highest BCUT2D eigenvalue weighted by molar-refractivity contribution is 5.90. The molecule has 0 aromatic heterocycles. The summed E-state index contributed by atoms with van der Waals surface area (Å²) in [7, 11) is 0. The molecule has 2 rings (SSSR count). The van der Waals surface area contributed by atoms with Gasteiger partial charge in [0, 0.05) is 0 Å². The van der Waals surface area contributed by atoms with Gasteiger partial charge in [-0.3, -0.25) is 0 Å². The maximum Gasteiger partial charge on any atom is 0.115 e. The van der Waals surface area contributed by atoms with Gasteiger partial charge >= 0.3 is 0 Å². The van der Waals surface area contributed by atoms with Crippen LogP contribution in [-0.4, -0.2) is 10.2 Å². The second-order valence-electron chi connectivity index (χ2n) is 4.95. The molecular formula is C18H20O2. The maximum absolute atomic E-state index is 9.41. The Morgan fingerprint density at radius 1 is 0.800 bits per heavy atom. The Hall–Kier alpha value is -2.22. The van der Waals surface area contributed by atoms with Gasteiger partial charge in [-0.1, -0.05) is 37.6 Å². The lowest BCUT2D eigenvalue weighted by molar-refractivity contribution is 0.474. The fraction of sp³-hybridized carbons (Fsp3) is 0.222. The van der Waals surface area contributed by atoms with Gasteiger partial charge in [0.2, 0.25) is 0 Å². The third kappa shape index (κ3) is 3.21. The number of benzene rings is 2. The predicted octanol–water partition coefficient (Wildman–Crippen LogP) is 4.83. The number of allylic oxidation sites excluding steroid dienone is 2. The second kappa shape index (κ2) is 6.29. The van der Waals surface area contributed by atoms with Gasteiger partial charge in [0.1, 0.15) is 11.5 Å². The van der Waals surface area contributed by atoms with Crippen LogP contribution in [-0.2, 0) is 0 Å². The highest BCUT2D eigenvalue weighted by Gasteiger charge is 2.07. The number of hydrogen-bond donors (Lipinski definition) is 2. The molecule has 2 N–H and O–H groups in total. The van der Waals surface area contributed by atoms with Crippen LogP contribution in [0.5, 0.6) is 11.5 Å². The highest BCUT2D eigenvalue weighted by atomic mass is 16.3. The number of phenolic OH excluding ortho intramolecular Hbond substituents is 2. The fourth-order valence-electron chi connectivity index (χ4n) is 2.35. The van der Waals surface area contributed by atoms with E-state index >= 15 is 0 Å². The zero-order valence-corrected chi connectivity index (χ0v) is 11.9. The Labute approximate surface area is 120 Å². The molecule has 0 bridgehead atoms. The van der Waals surface area contributed by atoms with E-state index in [4.69, 9.17) is 0 Å². The van der Waals surface area contributed by atoms with E-state index in [2.05, 4.69) is 13.8 Å². The standard InChI is InChI=1S/C18H20O2/c1-3-4-18(15-7-11-17(20)12-8-15)13(2)14-5-9-16(19)10-6-14/h5-12,19-20H,3-4H2,1-2H3/b18-13+. The van der Waals surface area contributed by atoms with Crippen LogP contribution in [0.15, 0.2) is 48.5 Å². The van der Waals surface area contributed by atoms with Crippen molar-refractivity contribution in [2.75, 3.05) is 0 Å². The molecule has 0 saturated carbocycles. The van der Waals surface area contributed by atoms with Gasteiger partial charge in [-0.2, -0.15) is 0 Å². The first kappa shape index (κ1) is 14.2. The topological polar surface area (TPSA) is 40.5 Å². The molecule has 0 amide bonds. The van der Waals surface area contributed by atoms with E-state index in [0.717, 1.165) is 24.0 Å². The summed E-state index contributed by atoms with van der Waals surface area (Å²) in [6.07, 6.45) is 2.04. The maximum atomic E-state index is 9.41. The summed E-state index contributed by atoms with van der Waals surface area (Å²) < 4.78 is 0. The number of phenols is 2. The molecule has 2 aromatic rings. The number of aromatic hydroxyl groups is 2. The predicted molar refractivity (Wildman–Crippen MR) is 83.6 cm³/mol. The molecule has 0 heterocycles. The summed E-state index contributed by atoms with van der Waals surface area (Å²) in [6, 6.07) is 14.6. The van der Waals surface area contributed by atoms with Gasteiger partial charge in [0.05, 0.1) is 0 Å². The monoisotopic (exact) mass is 268 g/mol. The molecule has 2 aromatic carbocycles. The molecule has 0 aliphatic rings. The van der Waals surface area contributed by atoms with E-state index in [1.54, 1.807) is 24.3 Å². The lowest BCUT2D eigenvalue weighted by Crippen LogP contribution is -1.90. The fourth-order valence-corrected chi connectivity index (χ4v) is 2.35. The van der Waals surface area contributed by atoms with Crippen molar-refractivity contribution in [2.45, 2.75) is 26.7 Å². The summed E-state index contributed by atoms with van der Waals surface area (Å²) in [6.45, 7) is 4.26. The molecule has 0 unspecified atom stereocenters. The summed E-state index contributed by atoms with van der Waals surface area (Å²) >= 11 is 0. The number of hydrogen-bond acceptors (Lipinski definition) is 2. The molecule has 0 fully saturated rings. The molecular weight excluding hydrogens is 248 g/mol. The normalized spacial score (nSPS) is 12.1. The van der Waals surface area contributed by atoms with Crippen molar-refractivity contribution in [2.24, 2.45) is 0 Å². The van der Waals surface area contributed by atoms with Crippen LogP contribution >= 0.6 is 0 Å². The Morgan fingerprint density at radius 3 is 1.70 bits per heavy atom. The minimum Gasteiger partial charge on any atom is -0.508 e. The Balaban J connectivity index is 2.47. The molecule has 0 aliphatic carbocycles. The average molecular weight is 268 g/mol. The van der Waals surface area contributed by atoms with Crippen LogP contribution in [0.3, 0.4) is 0 Å². The van der Waals surface area contributed by atoms with E-state index in [9.17, 15) is 10.2 Å². The summed E-state index contributed by atoms with van der Waals surface area (Å²) in [5.41, 5.74) is 4.73. The van der Waals surface area contributed by atoms with Gasteiger partial charge in [-0.25, -0.2) is 0 Å². The molecule has 104 valence electrons. The van der Waals surface area contributed by atoms with Gasteiger partial charge in [-0.05, 0) is 59.9 Å². The lowest BCUT2D eigenvalue weighted by atomic mass is 9.92. The quantitative estimate of drug-likeness (QED) is 0.780. The third-order valence-electron chi connectivity index (χ3n) is 3.47. The zero-order valence-electron chi connectivity index (χ0n) is 11.9. The van der Waals surface area contributed by atoms with E-state index in [-0.39, 0.29) is 11.5 Å². The van der Waals surface area contributed by atoms with Crippen LogP contribution < -0.4 is 0 Å². The summed E-state index contributed by atoms with van der Waals surface area (Å²) in [4.78, 5) is 0. The van der Waals surface area contributed by atoms with Gasteiger partial charge in [0.15, 0.2) is 0 Å². The Bertz CT molecular complexity index is 592. The van der Waals surface area contributed by atoms with Gasteiger partial charge < -0.3 is 10.2 Å². The first-order valence-corrected chi connectivity index (χ1v) is 6.90. The molecule has 2 nitrogen and oxygen atoms in total. The molecule has 0 aliphatic heterocycles. The number of rotatable bonds is 4. The van der Waals surface area contributed by atoms with Crippen LogP contribution in [0.2, 0.25) is 0 Å². The molecule has 20 heavy (non-hydrogen) atoms. The molecule has 0 atom stereocenters. The Kier molecular flexibility index (Phi) is 4.46. The van der Waals surface area contributed by atoms with Crippen LogP contribution in [0, 0.1) is 0 Å². The first-order valence-electron chi connectivity index (χ1n) is 6.90. The lowest BCUT2D eigenvalue weighted by Gasteiger charge is -2.13. The molecule has 2 heteroatoms. The van der Waals surface area contributed by atoms with E-state index in [0.29, 0.717) is 0 Å². The van der Waals surface area contributed by atoms with E-state index in [1.165, 1.54) is 11.1 Å². The summed E-state index contributed by atoms with van der Waals surface area (Å²) in [5.74, 6) is 0.565. The average Bonchev–Trinajstić information content (AvgIpc) is 2.46. The third-order valence-corrected chi connectivity index (χ3v) is 3.47. The zero-order chi connectivity index (χ0) is 14.5. The van der Waals surface area contributed by atoms with Crippen molar-refractivity contribution in [3.63, 3.8) is 0 Å². The summed E-state index contributed by atoms with van der Waals surface area (Å²) in [5, 5.41) is 18.8. The minimum atomic E-state index is 0.281. The Morgan fingerprint density at radius 2 is 1.25 bits per heavy atom. The largest absolute Gasteiger partial charge is 0.508 e. The first-order chi connectivity index (χ1) is 9.61. The van der Waals surface area contributed by atoms with Crippen molar-refractivity contribution in [3.8, 4) is 11.5 Å². The minimum absolute atomic E-state index is 0.281. The van der Waals surface area contributed by atoms with Crippen LogP contribution in [0.25, 0.3) is 11.1 Å². The second-order valence-corrected chi connectivity index (χ2v) is 4.95. The molecule has 0 saturated heterocycles. The van der Waals surface area contributed by atoms with Crippen molar-refractivity contribution in [3.05, 3.63) is 59.7 Å². The van der Waals surface area contributed by atoms with Crippen molar-refractivity contribution in [1.82, 2.24) is 0 Å². The van der Waals surface area contributed by atoms with Crippen molar-refractivity contribution < 1.29 is 10.2 Å². The van der Waals surface area contributed by atoms with E-state index < -0.39 is 0 Å². The highest BCUT2D eigenvalue weighted by Crippen LogP contribution is 2.31. The molecule has 0 radical (unpaired) electrons. The van der Waals surface area contributed by atoms with Crippen molar-refractivity contribution >= 4 is 11.1 Å². The van der Waals surface area contributed by atoms with Crippen LogP contribution in [0.4, 0.5) is 0 Å². The molecule has 0 spiro atoms. The van der Waals surface area contributed by atoms with Crippen LogP contribution in [0.1, 0.15) is 37.8 Å². The van der Waals surface area contributed by atoms with Gasteiger partial charge in [0.25, 0.3) is 0 Å².